The van der Waals surface area contributed by atoms with Crippen LogP contribution in [0.15, 0.2) is 0 Å². The summed E-state index contributed by atoms with van der Waals surface area (Å²) in [6, 6.07) is 0. The lowest BCUT2D eigenvalue weighted by Crippen LogP contribution is -2.37. The lowest BCUT2D eigenvalue weighted by Gasteiger charge is -2.26. The van der Waals surface area contributed by atoms with E-state index in [-0.39, 0.29) is 0 Å². The summed E-state index contributed by atoms with van der Waals surface area (Å²) in [6.45, 7) is 1.85. The first-order valence-electron chi connectivity index (χ1n) is 7.93. The fourth-order valence-corrected chi connectivity index (χ4v) is 3.52. The van der Waals surface area contributed by atoms with Crippen LogP contribution in [0, 0.1) is 5.92 Å². The van der Waals surface area contributed by atoms with Crippen LogP contribution in [-0.2, 0) is 14.3 Å². The van der Waals surface area contributed by atoms with Crippen molar-refractivity contribution in [1.82, 2.24) is 0 Å². The third-order valence-corrected chi connectivity index (χ3v) is 4.92. The average molecular weight is 268 g/mol. The molecular formula is C16H28O3. The van der Waals surface area contributed by atoms with E-state index in [1.807, 2.05) is 0 Å². The molecule has 3 nitrogen and oxygen atoms in total. The Morgan fingerprint density at radius 2 is 1.89 bits per heavy atom. The summed E-state index contributed by atoms with van der Waals surface area (Å²) >= 11 is 0. The van der Waals surface area contributed by atoms with Crippen molar-refractivity contribution in [3.8, 4) is 0 Å². The average Bonchev–Trinajstić information content (AvgIpc) is 2.94. The van der Waals surface area contributed by atoms with E-state index in [1.165, 1.54) is 25.7 Å². The summed E-state index contributed by atoms with van der Waals surface area (Å²) in [7, 11) is 1.70. The van der Waals surface area contributed by atoms with Gasteiger partial charge in [0.1, 0.15) is 5.60 Å². The number of rotatable bonds is 7. The molecule has 1 saturated heterocycles. The van der Waals surface area contributed by atoms with E-state index in [9.17, 15) is 4.79 Å². The van der Waals surface area contributed by atoms with Crippen LogP contribution in [0.1, 0.15) is 64.2 Å². The highest BCUT2D eigenvalue weighted by atomic mass is 16.5. The van der Waals surface area contributed by atoms with Crippen LogP contribution in [0.2, 0.25) is 0 Å². The standard InChI is InChI=1S/C16H28O3/c1-18-16(10-4-5-11-16)15(17)7-3-2-6-14-8-12-19-13-9-14/h14H,2-13H2,1H3. The van der Waals surface area contributed by atoms with E-state index in [4.69, 9.17) is 9.47 Å². The zero-order valence-corrected chi connectivity index (χ0v) is 12.3. The molecule has 1 saturated carbocycles. The first kappa shape index (κ1) is 15.0. The summed E-state index contributed by atoms with van der Waals surface area (Å²) in [6.07, 6.45) is 10.7. The molecule has 0 bridgehead atoms. The van der Waals surface area contributed by atoms with E-state index < -0.39 is 5.60 Å². The van der Waals surface area contributed by atoms with Crippen molar-refractivity contribution >= 4 is 5.78 Å². The van der Waals surface area contributed by atoms with Crippen LogP contribution in [0.4, 0.5) is 0 Å². The number of carbonyl (C=O) groups is 1. The van der Waals surface area contributed by atoms with Gasteiger partial charge < -0.3 is 9.47 Å². The van der Waals surface area contributed by atoms with Crippen molar-refractivity contribution < 1.29 is 14.3 Å². The fraction of sp³-hybridized carbons (Fsp3) is 0.938. The number of Topliss-reactive ketones (excluding diaryl/α,β-unsaturated/α-hetero) is 1. The quantitative estimate of drug-likeness (QED) is 0.663. The largest absolute Gasteiger partial charge is 0.381 e. The Morgan fingerprint density at radius 1 is 1.21 bits per heavy atom. The molecule has 0 spiro atoms. The summed E-state index contributed by atoms with van der Waals surface area (Å²) < 4.78 is 10.9. The van der Waals surface area contributed by atoms with Crippen LogP contribution < -0.4 is 0 Å². The predicted octanol–water partition coefficient (Wildman–Crippen LogP) is 3.50. The van der Waals surface area contributed by atoms with Gasteiger partial charge in [0, 0.05) is 26.7 Å². The molecule has 19 heavy (non-hydrogen) atoms. The predicted molar refractivity (Wildman–Crippen MR) is 75.2 cm³/mol. The highest BCUT2D eigenvalue weighted by Crippen LogP contribution is 2.35. The minimum absolute atomic E-state index is 0.347. The van der Waals surface area contributed by atoms with E-state index in [0.29, 0.717) is 12.2 Å². The first-order valence-corrected chi connectivity index (χ1v) is 7.93. The Morgan fingerprint density at radius 3 is 2.53 bits per heavy atom. The van der Waals surface area contributed by atoms with Gasteiger partial charge in [-0.3, -0.25) is 4.79 Å². The summed E-state index contributed by atoms with van der Waals surface area (Å²) in [5.41, 5.74) is -0.418. The molecule has 1 heterocycles. The molecule has 2 aliphatic rings. The number of methoxy groups -OCH3 is 1. The van der Waals surface area contributed by atoms with Crippen LogP contribution in [-0.4, -0.2) is 31.7 Å². The van der Waals surface area contributed by atoms with E-state index in [1.54, 1.807) is 7.11 Å². The first-order chi connectivity index (χ1) is 9.27. The number of ether oxygens (including phenoxy) is 2. The van der Waals surface area contributed by atoms with Gasteiger partial charge >= 0.3 is 0 Å². The van der Waals surface area contributed by atoms with Gasteiger partial charge in [0.15, 0.2) is 5.78 Å². The second-order valence-electron chi connectivity index (χ2n) is 6.13. The molecule has 3 heteroatoms. The Labute approximate surface area is 117 Å². The Balaban J connectivity index is 1.63. The molecule has 0 atom stereocenters. The molecule has 0 amide bonds. The SMILES string of the molecule is COC1(C(=O)CCCCC2CCOCC2)CCCC1. The Kier molecular flexibility index (Phi) is 5.83. The molecule has 1 aliphatic heterocycles. The van der Waals surface area contributed by atoms with Gasteiger partial charge in [-0.2, -0.15) is 0 Å². The Hall–Kier alpha value is -0.410. The molecule has 0 unspecified atom stereocenters. The maximum absolute atomic E-state index is 12.3. The minimum Gasteiger partial charge on any atom is -0.381 e. The van der Waals surface area contributed by atoms with Crippen molar-refractivity contribution in [3.63, 3.8) is 0 Å². The molecule has 1 aliphatic carbocycles. The van der Waals surface area contributed by atoms with Crippen molar-refractivity contribution in [2.45, 2.75) is 69.8 Å². The van der Waals surface area contributed by atoms with Crippen LogP contribution >= 0.6 is 0 Å². The molecule has 0 aromatic heterocycles. The maximum atomic E-state index is 12.3. The number of ketones is 1. The van der Waals surface area contributed by atoms with E-state index in [0.717, 1.165) is 51.2 Å². The third-order valence-electron chi connectivity index (χ3n) is 4.92. The van der Waals surface area contributed by atoms with Crippen molar-refractivity contribution in [2.24, 2.45) is 5.92 Å². The molecule has 0 aromatic carbocycles. The minimum atomic E-state index is -0.418. The number of hydrogen-bond acceptors (Lipinski definition) is 3. The molecule has 110 valence electrons. The van der Waals surface area contributed by atoms with Crippen molar-refractivity contribution in [3.05, 3.63) is 0 Å². The van der Waals surface area contributed by atoms with Gasteiger partial charge in [-0.15, -0.1) is 0 Å². The number of carbonyl (C=O) groups excluding carboxylic acids is 1. The molecule has 0 N–H and O–H groups in total. The zero-order valence-electron chi connectivity index (χ0n) is 12.3. The van der Waals surface area contributed by atoms with Crippen molar-refractivity contribution in [1.29, 1.82) is 0 Å². The van der Waals surface area contributed by atoms with Gasteiger partial charge in [0.2, 0.25) is 0 Å². The van der Waals surface area contributed by atoms with Crippen LogP contribution in [0.25, 0.3) is 0 Å². The summed E-state index contributed by atoms with van der Waals surface area (Å²) in [5, 5.41) is 0. The summed E-state index contributed by atoms with van der Waals surface area (Å²) in [4.78, 5) is 12.3. The van der Waals surface area contributed by atoms with Crippen molar-refractivity contribution in [2.75, 3.05) is 20.3 Å². The van der Waals surface area contributed by atoms with Gasteiger partial charge in [0.05, 0.1) is 0 Å². The van der Waals surface area contributed by atoms with Gasteiger partial charge in [0.25, 0.3) is 0 Å². The lowest BCUT2D eigenvalue weighted by atomic mass is 9.90. The van der Waals surface area contributed by atoms with Gasteiger partial charge in [-0.25, -0.2) is 0 Å². The second kappa shape index (κ2) is 7.39. The lowest BCUT2D eigenvalue weighted by molar-refractivity contribution is -0.140. The van der Waals surface area contributed by atoms with Gasteiger partial charge in [-0.05, 0) is 50.9 Å². The van der Waals surface area contributed by atoms with E-state index in [2.05, 4.69) is 0 Å². The van der Waals surface area contributed by atoms with Crippen LogP contribution in [0.5, 0.6) is 0 Å². The molecule has 2 rings (SSSR count). The van der Waals surface area contributed by atoms with E-state index >= 15 is 0 Å². The molecular weight excluding hydrogens is 240 g/mol. The fourth-order valence-electron chi connectivity index (χ4n) is 3.52. The summed E-state index contributed by atoms with van der Waals surface area (Å²) in [5.74, 6) is 1.17. The second-order valence-corrected chi connectivity index (χ2v) is 6.13. The molecule has 0 radical (unpaired) electrons. The van der Waals surface area contributed by atoms with Gasteiger partial charge in [-0.1, -0.05) is 12.8 Å². The Bertz CT molecular complexity index is 276. The zero-order chi connectivity index (χ0) is 13.6. The monoisotopic (exact) mass is 268 g/mol. The third kappa shape index (κ3) is 4.03. The number of hydrogen-bond donors (Lipinski definition) is 0. The highest BCUT2D eigenvalue weighted by Gasteiger charge is 2.40. The smallest absolute Gasteiger partial charge is 0.164 e. The molecule has 2 fully saturated rings. The maximum Gasteiger partial charge on any atom is 0.164 e. The van der Waals surface area contributed by atoms with Crippen LogP contribution in [0.3, 0.4) is 0 Å². The highest BCUT2D eigenvalue weighted by molar-refractivity contribution is 5.87. The normalized spacial score (nSPS) is 23.6. The number of unbranched alkanes of at least 4 members (excludes halogenated alkanes) is 1. The topological polar surface area (TPSA) is 35.5 Å². The molecule has 0 aromatic rings.